The second kappa shape index (κ2) is 22.0. The number of methoxy groups -OCH3 is 2. The Labute approximate surface area is 386 Å². The number of aliphatic hydroxyl groups is 1. The van der Waals surface area contributed by atoms with Gasteiger partial charge in [-0.1, -0.05) is 28.1 Å². The number of nitrogens with one attached hydrogen (secondary N) is 2. The Kier molecular flexibility index (Phi) is 17.4. The molecule has 20 heteroatoms. The Morgan fingerprint density at radius 3 is 1.59 bits per heavy atom. The third-order valence-corrected chi connectivity index (χ3v) is 10.1. The van der Waals surface area contributed by atoms with E-state index in [0.717, 1.165) is 28.7 Å². The first-order valence-electron chi connectivity index (χ1n) is 19.5. The zero-order valence-electron chi connectivity index (χ0n) is 36.3. The maximum absolute atomic E-state index is 13.0. The lowest BCUT2D eigenvalue weighted by molar-refractivity contribution is -0.138. The summed E-state index contributed by atoms with van der Waals surface area (Å²) in [6.07, 6.45) is -5.76. The van der Waals surface area contributed by atoms with Gasteiger partial charge in [0.2, 0.25) is 0 Å². The lowest BCUT2D eigenvalue weighted by Crippen LogP contribution is -2.49. The second-order valence-electron chi connectivity index (χ2n) is 15.1. The number of alkyl halides is 6. The fraction of sp³-hybridized carbons (Fsp3) is 0.217. The van der Waals surface area contributed by atoms with E-state index >= 15 is 0 Å². The Hall–Kier alpha value is -6.64. The summed E-state index contributed by atoms with van der Waals surface area (Å²) in [5.74, 6) is -0.295. The van der Waals surface area contributed by atoms with Crippen LogP contribution >= 0.6 is 15.9 Å². The molecule has 0 aliphatic heterocycles. The summed E-state index contributed by atoms with van der Waals surface area (Å²) in [6, 6.07) is 25.7. The van der Waals surface area contributed by atoms with Crippen molar-refractivity contribution in [2.75, 3.05) is 36.3 Å². The van der Waals surface area contributed by atoms with Crippen molar-refractivity contribution in [1.29, 1.82) is 0 Å². The number of aromatic nitrogens is 2. The van der Waals surface area contributed by atoms with E-state index in [9.17, 15) is 41.0 Å². The van der Waals surface area contributed by atoms with Crippen LogP contribution in [-0.2, 0) is 26.5 Å². The quantitative estimate of drug-likeness (QED) is 0.0471. The summed E-state index contributed by atoms with van der Waals surface area (Å²) >= 11 is 3.24. The summed E-state index contributed by atoms with van der Waals surface area (Å²) in [6.45, 7) is 6.56. The second-order valence-corrected chi connectivity index (χ2v) is 16.0. The van der Waals surface area contributed by atoms with Crippen molar-refractivity contribution in [2.24, 2.45) is 0 Å². The number of anilines is 6. The first kappa shape index (κ1) is 52.0. The van der Waals surface area contributed by atoms with Crippen LogP contribution in [0.1, 0.15) is 59.5 Å². The number of hydrogen-bond acceptors (Lipinski definition) is 12. The number of carbonyl (C=O) groups excluding carboxylic acids is 2. The van der Waals surface area contributed by atoms with Crippen molar-refractivity contribution in [1.82, 2.24) is 9.97 Å². The molecule has 0 aliphatic rings. The number of pyridine rings is 2. The Bertz CT molecular complexity index is 2610. The zero-order valence-corrected chi connectivity index (χ0v) is 37.9. The number of hydrogen-bond donors (Lipinski definition) is 5. The molecule has 0 spiro atoms. The van der Waals surface area contributed by atoms with Crippen LogP contribution in [0.15, 0.2) is 126 Å². The lowest BCUT2D eigenvalue weighted by atomic mass is 9.81. The molecule has 0 unspecified atom stereocenters. The van der Waals surface area contributed by atoms with Gasteiger partial charge in [-0.25, -0.2) is 19.6 Å². The standard InChI is InChI=1S/C21H24BF3NO4.C20H16F3N3O2.C5H5BrN2/c1-19(2,28)20(3,4)30-22-16-11-13(18(27)29-5)9-10-17(16)26-15-8-6-7-14(12-15)21(23,24)25;1-28-19(27)13-5-6-17(16(9-13)12-7-8-25-18(24)10-12)26-15-4-2-3-14(11-15)20(21,22)23;6-4-1-2-8-5(7)3-4/h6-12,26,28H,1-5H3;2-11,26H,1H3,(H2,24,25);1-3H,(H2,7,8). The van der Waals surface area contributed by atoms with E-state index in [1.807, 2.05) is 6.07 Å². The van der Waals surface area contributed by atoms with Crippen LogP contribution < -0.4 is 27.6 Å². The highest BCUT2D eigenvalue weighted by molar-refractivity contribution is 9.10. The topological polar surface area (TPSA) is 184 Å². The van der Waals surface area contributed by atoms with Gasteiger partial charge in [0.25, 0.3) is 0 Å². The first-order valence-corrected chi connectivity index (χ1v) is 20.3. The minimum absolute atomic E-state index is 0.215. The van der Waals surface area contributed by atoms with Gasteiger partial charge in [-0.05, 0) is 136 Å². The minimum Gasteiger partial charge on any atom is -0.465 e. The molecule has 0 fully saturated rings. The van der Waals surface area contributed by atoms with Gasteiger partial charge in [0, 0.05) is 45.2 Å². The van der Waals surface area contributed by atoms with E-state index in [4.69, 9.17) is 25.6 Å². The van der Waals surface area contributed by atoms with E-state index < -0.39 is 46.6 Å². The van der Waals surface area contributed by atoms with E-state index in [0.29, 0.717) is 39.3 Å². The Morgan fingerprint density at radius 1 is 0.652 bits per heavy atom. The monoisotopic (exact) mass is 981 g/mol. The molecule has 0 aliphatic carbocycles. The molecule has 0 atom stereocenters. The average Bonchev–Trinajstić information content (AvgIpc) is 3.25. The highest BCUT2D eigenvalue weighted by atomic mass is 79.9. The summed E-state index contributed by atoms with van der Waals surface area (Å²) in [7, 11) is 3.86. The number of nitrogens with two attached hydrogens (primary N) is 2. The van der Waals surface area contributed by atoms with E-state index in [1.54, 1.807) is 70.3 Å². The highest BCUT2D eigenvalue weighted by Crippen LogP contribution is 2.36. The number of ether oxygens (including phenoxy) is 2. The molecule has 0 saturated carbocycles. The van der Waals surface area contributed by atoms with E-state index in [-0.39, 0.29) is 22.8 Å². The number of nitrogen functional groups attached to an aromatic ring is 2. The van der Waals surface area contributed by atoms with Crippen molar-refractivity contribution < 1.29 is 55.2 Å². The molecule has 6 rings (SSSR count). The van der Waals surface area contributed by atoms with Crippen LogP contribution in [0.3, 0.4) is 0 Å². The predicted octanol–water partition coefficient (Wildman–Crippen LogP) is 10.4. The van der Waals surface area contributed by atoms with Crippen LogP contribution in [-0.4, -0.2) is 59.9 Å². The van der Waals surface area contributed by atoms with Gasteiger partial charge in [0.15, 0.2) is 0 Å². The Morgan fingerprint density at radius 2 is 1.14 bits per heavy atom. The van der Waals surface area contributed by atoms with Gasteiger partial charge in [-0.15, -0.1) is 0 Å². The van der Waals surface area contributed by atoms with E-state index in [1.165, 1.54) is 70.4 Å². The molecule has 12 nitrogen and oxygen atoms in total. The number of carbonyl (C=O) groups is 2. The molecule has 1 radical (unpaired) electrons. The molecule has 4 aromatic carbocycles. The van der Waals surface area contributed by atoms with Crippen LogP contribution in [0.25, 0.3) is 11.1 Å². The van der Waals surface area contributed by atoms with Gasteiger partial charge in [0.05, 0.1) is 47.7 Å². The van der Waals surface area contributed by atoms with Crippen molar-refractivity contribution in [3.05, 3.63) is 148 Å². The lowest BCUT2D eigenvalue weighted by Gasteiger charge is -2.37. The third-order valence-electron chi connectivity index (χ3n) is 9.64. The fourth-order valence-corrected chi connectivity index (χ4v) is 5.76. The van der Waals surface area contributed by atoms with Gasteiger partial charge < -0.3 is 41.3 Å². The van der Waals surface area contributed by atoms with Crippen molar-refractivity contribution in [3.63, 3.8) is 0 Å². The summed E-state index contributed by atoms with van der Waals surface area (Å²) in [4.78, 5) is 31.5. The van der Waals surface area contributed by atoms with Crippen molar-refractivity contribution in [2.45, 2.75) is 51.2 Å². The summed E-state index contributed by atoms with van der Waals surface area (Å²) in [5, 5.41) is 16.2. The number of esters is 2. The number of nitrogens with zero attached hydrogens (tertiary/aromatic N) is 2. The van der Waals surface area contributed by atoms with Gasteiger partial charge >= 0.3 is 31.8 Å². The third kappa shape index (κ3) is 15.0. The highest BCUT2D eigenvalue weighted by Gasteiger charge is 2.36. The molecule has 347 valence electrons. The predicted molar refractivity (Wildman–Crippen MR) is 246 cm³/mol. The number of halogens is 7. The van der Waals surface area contributed by atoms with Crippen LogP contribution in [0.5, 0.6) is 0 Å². The molecule has 0 saturated heterocycles. The van der Waals surface area contributed by atoms with Gasteiger partial charge in [-0.3, -0.25) is 0 Å². The molecule has 66 heavy (non-hydrogen) atoms. The van der Waals surface area contributed by atoms with Crippen LogP contribution in [0.2, 0.25) is 0 Å². The molecule has 0 amide bonds. The first-order chi connectivity index (χ1) is 30.8. The van der Waals surface area contributed by atoms with Crippen molar-refractivity contribution in [3.8, 4) is 11.1 Å². The maximum Gasteiger partial charge on any atom is 0.416 e. The largest absolute Gasteiger partial charge is 0.465 e. The number of rotatable bonds is 11. The van der Waals surface area contributed by atoms with Crippen molar-refractivity contribution >= 4 is 75.2 Å². The van der Waals surface area contributed by atoms with Crippen LogP contribution in [0.4, 0.5) is 60.7 Å². The summed E-state index contributed by atoms with van der Waals surface area (Å²) < 4.78 is 94.1. The zero-order chi connectivity index (χ0) is 49.0. The van der Waals surface area contributed by atoms with Gasteiger partial charge in [0.1, 0.15) is 11.6 Å². The number of benzene rings is 4. The average molecular weight is 983 g/mol. The molecule has 6 aromatic rings. The molecule has 0 bridgehead atoms. The normalized spacial score (nSPS) is 11.5. The molecule has 2 heterocycles. The van der Waals surface area contributed by atoms with Crippen LogP contribution in [0, 0.1) is 0 Å². The molecular formula is C46H45BBrF6N6O6. The molecule has 2 aromatic heterocycles. The molecular weight excluding hydrogens is 937 g/mol. The summed E-state index contributed by atoms with van der Waals surface area (Å²) in [5.41, 5.74) is 10.9. The maximum atomic E-state index is 13.0. The van der Waals surface area contributed by atoms with E-state index in [2.05, 4.69) is 36.5 Å². The smallest absolute Gasteiger partial charge is 0.416 e. The SMILES string of the molecule is COC(=O)c1ccc(Nc2cccc(C(F)(F)F)c2)c(-c2ccnc(N)c2)c1.COC(=O)c1ccc(Nc2cccc(C(F)(F)F)c2)c([B]OC(C)(C)C(C)(C)O)c1.Nc1cc(Br)ccn1. The fourth-order valence-electron chi connectivity index (χ4n) is 5.41. The minimum atomic E-state index is -4.47. The molecule has 7 N–H and O–H groups in total. The van der Waals surface area contributed by atoms with Gasteiger partial charge in [-0.2, -0.15) is 26.3 Å². The Balaban J connectivity index is 0.000000247.